The predicted octanol–water partition coefficient (Wildman–Crippen LogP) is 5.37. The zero-order valence-electron chi connectivity index (χ0n) is 20.2. The molecule has 33 heavy (non-hydrogen) atoms. The lowest BCUT2D eigenvalue weighted by molar-refractivity contribution is 0.0607. The summed E-state index contributed by atoms with van der Waals surface area (Å²) in [6.07, 6.45) is 1.69. The molecule has 0 radical (unpaired) electrons. The molecule has 0 aliphatic carbocycles. The van der Waals surface area contributed by atoms with E-state index >= 15 is 0 Å². The second-order valence-electron chi connectivity index (χ2n) is 9.29. The molecule has 0 saturated carbocycles. The Bertz CT molecular complexity index is 1050. The number of hydrogen-bond donors (Lipinski definition) is 0. The number of methoxy groups -OCH3 is 1. The van der Waals surface area contributed by atoms with Gasteiger partial charge in [0.15, 0.2) is 9.76 Å². The molecule has 174 valence electrons. The van der Waals surface area contributed by atoms with Crippen LogP contribution in [0, 0.1) is 0 Å². The van der Waals surface area contributed by atoms with Crippen molar-refractivity contribution in [1.29, 1.82) is 0 Å². The summed E-state index contributed by atoms with van der Waals surface area (Å²) in [4.78, 5) is 20.5. The number of carbonyl (C=O) groups is 1. The van der Waals surface area contributed by atoms with Gasteiger partial charge in [-0.2, -0.15) is 0 Å². The summed E-state index contributed by atoms with van der Waals surface area (Å²) >= 11 is 1.38. The Hall–Kier alpha value is -2.74. The van der Waals surface area contributed by atoms with E-state index in [9.17, 15) is 4.79 Å². The number of rotatable bonds is 8. The Morgan fingerprint density at radius 3 is 2.00 bits per heavy atom. The average Bonchev–Trinajstić information content (AvgIpc) is 3.23. The van der Waals surface area contributed by atoms with Crippen molar-refractivity contribution in [2.24, 2.45) is 4.99 Å². The Morgan fingerprint density at radius 1 is 1.00 bits per heavy atom. The van der Waals surface area contributed by atoms with Crippen LogP contribution in [0.15, 0.2) is 71.7 Å². The van der Waals surface area contributed by atoms with Crippen LogP contribution in [0.4, 0.5) is 5.69 Å². The third-order valence-corrected chi connectivity index (χ3v) is 7.59. The Kier molecular flexibility index (Phi) is 7.89. The first-order chi connectivity index (χ1) is 15.7. The Balaban J connectivity index is 2.32. The van der Waals surface area contributed by atoms with Gasteiger partial charge in [-0.3, -0.25) is 0 Å². The maximum atomic E-state index is 12.7. The summed E-state index contributed by atoms with van der Waals surface area (Å²) in [5.41, 5.74) is 1.77. The molecule has 0 saturated heterocycles. The minimum absolute atomic E-state index is 0.0726. The highest BCUT2D eigenvalue weighted by Crippen LogP contribution is 2.47. The molecule has 0 aliphatic heterocycles. The quantitative estimate of drug-likeness (QED) is 0.188. The molecule has 0 bridgehead atoms. The fraction of sp³-hybridized carbons (Fsp3) is 0.308. The lowest BCUT2D eigenvalue weighted by Crippen LogP contribution is -2.35. The zero-order chi connectivity index (χ0) is 24.1. The lowest BCUT2D eigenvalue weighted by atomic mass is 9.85. The van der Waals surface area contributed by atoms with E-state index in [1.807, 2.05) is 61.5 Å². The van der Waals surface area contributed by atoms with Gasteiger partial charge in [0.2, 0.25) is 0 Å². The monoisotopic (exact) mass is 480 g/mol. The smallest absolute Gasteiger partial charge is 0.350 e. The predicted molar refractivity (Wildman–Crippen MR) is 140 cm³/mol. The topological polar surface area (TPSA) is 51.1 Å². The molecule has 0 N–H and O–H groups in total. The number of ether oxygens (including phenoxy) is 1. The SMILES string of the molecule is COC(=O)c1sc(C(O[SiH2]C(C)(C)C)(c2ccccc2)c2ccccc2)cc1N=CN(C)C. The number of nitrogens with zero attached hydrogens (tertiary/aromatic N) is 2. The molecule has 1 heterocycles. The van der Waals surface area contributed by atoms with Crippen molar-refractivity contribution in [2.75, 3.05) is 21.2 Å². The van der Waals surface area contributed by atoms with Crippen molar-refractivity contribution in [2.45, 2.75) is 31.4 Å². The van der Waals surface area contributed by atoms with E-state index in [1.165, 1.54) is 18.4 Å². The number of thiophene rings is 1. The first-order valence-electron chi connectivity index (χ1n) is 10.9. The average molecular weight is 481 g/mol. The second-order valence-corrected chi connectivity index (χ2v) is 13.0. The summed E-state index contributed by atoms with van der Waals surface area (Å²) < 4.78 is 12.1. The first-order valence-corrected chi connectivity index (χ1v) is 13.0. The maximum Gasteiger partial charge on any atom is 0.350 e. The van der Waals surface area contributed by atoms with Gasteiger partial charge in [0.25, 0.3) is 0 Å². The molecule has 0 aliphatic rings. The van der Waals surface area contributed by atoms with E-state index in [0.717, 1.165) is 16.0 Å². The third-order valence-electron chi connectivity index (χ3n) is 4.94. The number of carbonyl (C=O) groups excluding carboxylic acids is 1. The molecule has 7 heteroatoms. The Labute approximate surface area is 203 Å². The summed E-state index contributed by atoms with van der Waals surface area (Å²) in [6.45, 7) is 6.63. The molecular formula is C26H32N2O3SSi. The van der Waals surface area contributed by atoms with Crippen molar-refractivity contribution in [3.63, 3.8) is 0 Å². The summed E-state index contributed by atoms with van der Waals surface area (Å²) in [5, 5.41) is 0.0726. The number of esters is 1. The summed E-state index contributed by atoms with van der Waals surface area (Å²) in [5.74, 6) is -0.403. The number of benzene rings is 2. The third kappa shape index (κ3) is 5.79. The van der Waals surface area contributed by atoms with Gasteiger partial charge in [-0.15, -0.1) is 11.3 Å². The van der Waals surface area contributed by atoms with Crippen LogP contribution in [0.2, 0.25) is 5.04 Å². The van der Waals surface area contributed by atoms with E-state index in [2.05, 4.69) is 50.0 Å². The minimum atomic E-state index is -0.994. The highest BCUT2D eigenvalue weighted by Gasteiger charge is 2.41. The van der Waals surface area contributed by atoms with E-state index < -0.39 is 21.3 Å². The largest absolute Gasteiger partial charge is 0.465 e. The Morgan fingerprint density at radius 2 is 1.55 bits per heavy atom. The fourth-order valence-electron chi connectivity index (χ4n) is 3.43. The molecule has 3 aromatic rings. The molecule has 1 aromatic heterocycles. The van der Waals surface area contributed by atoms with Crippen molar-refractivity contribution in [3.05, 3.63) is 87.6 Å². The summed E-state index contributed by atoms with van der Waals surface area (Å²) in [7, 11) is 4.19. The minimum Gasteiger partial charge on any atom is -0.465 e. The number of hydrogen-bond acceptors (Lipinski definition) is 5. The molecule has 0 atom stereocenters. The van der Waals surface area contributed by atoms with Crippen LogP contribution in [0.5, 0.6) is 0 Å². The normalized spacial score (nSPS) is 12.5. The van der Waals surface area contributed by atoms with Crippen LogP contribution in [0.1, 0.15) is 46.4 Å². The van der Waals surface area contributed by atoms with Crippen molar-refractivity contribution < 1.29 is 14.0 Å². The van der Waals surface area contributed by atoms with Gasteiger partial charge in [0, 0.05) is 19.0 Å². The molecular weight excluding hydrogens is 448 g/mol. The van der Waals surface area contributed by atoms with Crippen molar-refractivity contribution in [3.8, 4) is 0 Å². The molecule has 0 fully saturated rings. The first kappa shape index (κ1) is 24.9. The maximum absolute atomic E-state index is 12.7. The molecule has 3 rings (SSSR count). The molecule has 0 unspecified atom stereocenters. The molecule has 5 nitrogen and oxygen atoms in total. The van der Waals surface area contributed by atoms with Crippen LogP contribution < -0.4 is 0 Å². The van der Waals surface area contributed by atoms with Crippen LogP contribution in [-0.2, 0) is 14.8 Å². The molecule has 0 spiro atoms. The van der Waals surface area contributed by atoms with E-state index in [-0.39, 0.29) is 5.04 Å². The molecule has 2 aromatic carbocycles. The highest BCUT2D eigenvalue weighted by molar-refractivity contribution is 7.14. The van der Waals surface area contributed by atoms with E-state index in [0.29, 0.717) is 10.6 Å². The fourth-order valence-corrected chi connectivity index (χ4v) is 5.88. The van der Waals surface area contributed by atoms with Gasteiger partial charge in [-0.1, -0.05) is 81.4 Å². The lowest BCUT2D eigenvalue weighted by Gasteiger charge is -2.37. The van der Waals surface area contributed by atoms with Gasteiger partial charge >= 0.3 is 5.97 Å². The van der Waals surface area contributed by atoms with Gasteiger partial charge in [-0.05, 0) is 22.2 Å². The summed E-state index contributed by atoms with van der Waals surface area (Å²) in [6, 6.07) is 22.4. The van der Waals surface area contributed by atoms with Crippen LogP contribution >= 0.6 is 11.3 Å². The zero-order valence-corrected chi connectivity index (χ0v) is 22.4. The number of aliphatic imine (C=N–C) groups is 1. The van der Waals surface area contributed by atoms with Crippen LogP contribution in [0.3, 0.4) is 0 Å². The standard InChI is InChI=1S/C26H32N2O3SSi/c1-25(2,3)33-31-26(19-13-9-7-10-14-19,20-15-11-8-12-16-20)22-17-21(27-18-28(4)5)23(32-22)24(29)30-6/h7-18H,33H2,1-6H3. The van der Waals surface area contributed by atoms with Gasteiger partial charge in [-0.25, -0.2) is 9.79 Å². The second kappa shape index (κ2) is 10.5. The van der Waals surface area contributed by atoms with Crippen molar-refractivity contribution >= 4 is 39.1 Å². The van der Waals surface area contributed by atoms with E-state index in [4.69, 9.17) is 9.16 Å². The molecule has 0 amide bonds. The van der Waals surface area contributed by atoms with Crippen molar-refractivity contribution in [1.82, 2.24) is 4.90 Å². The highest BCUT2D eigenvalue weighted by atomic mass is 32.1. The van der Waals surface area contributed by atoms with Crippen LogP contribution in [-0.4, -0.2) is 48.2 Å². The van der Waals surface area contributed by atoms with Gasteiger partial charge < -0.3 is 14.1 Å². The van der Waals surface area contributed by atoms with Crippen LogP contribution in [0.25, 0.3) is 0 Å². The van der Waals surface area contributed by atoms with E-state index in [1.54, 1.807) is 6.34 Å². The van der Waals surface area contributed by atoms with Gasteiger partial charge in [0.05, 0.1) is 19.1 Å². The van der Waals surface area contributed by atoms with Gasteiger partial charge in [0.1, 0.15) is 10.5 Å².